The van der Waals surface area contributed by atoms with Gasteiger partial charge in [-0.15, -0.1) is 11.8 Å². The SMILES string of the molecule is CC#CCC(N)c1cc2ccccc2o1. The molecule has 1 aromatic heterocycles. The number of para-hydroxylation sites is 1. The topological polar surface area (TPSA) is 39.2 Å². The normalized spacial score (nSPS) is 12.1. The van der Waals surface area contributed by atoms with Crippen molar-refractivity contribution in [2.75, 3.05) is 0 Å². The summed E-state index contributed by atoms with van der Waals surface area (Å²) in [6.45, 7) is 1.81. The number of nitrogens with two attached hydrogens (primary N) is 1. The molecule has 1 aromatic carbocycles. The predicted octanol–water partition coefficient (Wildman–Crippen LogP) is 2.85. The van der Waals surface area contributed by atoms with Gasteiger partial charge >= 0.3 is 0 Å². The highest BCUT2D eigenvalue weighted by atomic mass is 16.3. The fourth-order valence-corrected chi connectivity index (χ4v) is 1.50. The van der Waals surface area contributed by atoms with Crippen molar-refractivity contribution in [3.05, 3.63) is 36.1 Å². The van der Waals surface area contributed by atoms with E-state index in [0.29, 0.717) is 6.42 Å². The van der Waals surface area contributed by atoms with Crippen LogP contribution < -0.4 is 5.73 Å². The maximum atomic E-state index is 5.95. The van der Waals surface area contributed by atoms with Crippen molar-refractivity contribution in [1.82, 2.24) is 0 Å². The third kappa shape index (κ3) is 2.03. The number of hydrogen-bond acceptors (Lipinski definition) is 2. The second-order valence-electron chi connectivity index (χ2n) is 3.42. The fraction of sp³-hybridized carbons (Fsp3) is 0.231. The van der Waals surface area contributed by atoms with E-state index in [2.05, 4.69) is 11.8 Å². The minimum Gasteiger partial charge on any atom is -0.459 e. The van der Waals surface area contributed by atoms with Crippen LogP contribution >= 0.6 is 0 Å². The summed E-state index contributed by atoms with van der Waals surface area (Å²) in [6.07, 6.45) is 0.635. The highest BCUT2D eigenvalue weighted by Crippen LogP contribution is 2.23. The molecule has 0 aliphatic carbocycles. The van der Waals surface area contributed by atoms with Gasteiger partial charge in [0.1, 0.15) is 11.3 Å². The predicted molar refractivity (Wildman–Crippen MR) is 61.2 cm³/mol. The molecule has 0 fully saturated rings. The van der Waals surface area contributed by atoms with Crippen LogP contribution in [0.1, 0.15) is 25.1 Å². The van der Waals surface area contributed by atoms with Crippen LogP contribution in [0.15, 0.2) is 34.7 Å². The van der Waals surface area contributed by atoms with Gasteiger partial charge in [-0.05, 0) is 19.1 Å². The molecule has 15 heavy (non-hydrogen) atoms. The van der Waals surface area contributed by atoms with Crippen LogP contribution in [0.3, 0.4) is 0 Å². The van der Waals surface area contributed by atoms with Crippen LogP contribution in [0.4, 0.5) is 0 Å². The molecule has 0 aliphatic rings. The van der Waals surface area contributed by atoms with E-state index >= 15 is 0 Å². The Morgan fingerprint density at radius 3 is 2.93 bits per heavy atom. The summed E-state index contributed by atoms with van der Waals surface area (Å²) in [4.78, 5) is 0. The van der Waals surface area contributed by atoms with E-state index in [0.717, 1.165) is 16.7 Å². The maximum Gasteiger partial charge on any atom is 0.134 e. The number of fused-ring (bicyclic) bond motifs is 1. The molecule has 2 nitrogen and oxygen atoms in total. The molecule has 0 saturated heterocycles. The molecule has 2 rings (SSSR count). The molecular formula is C13H13NO. The Kier molecular flexibility index (Phi) is 2.75. The maximum absolute atomic E-state index is 5.95. The molecule has 1 heterocycles. The van der Waals surface area contributed by atoms with E-state index in [1.807, 2.05) is 37.3 Å². The van der Waals surface area contributed by atoms with Crippen LogP contribution in [-0.4, -0.2) is 0 Å². The van der Waals surface area contributed by atoms with Gasteiger partial charge in [0.25, 0.3) is 0 Å². The van der Waals surface area contributed by atoms with E-state index in [4.69, 9.17) is 10.2 Å². The molecule has 0 amide bonds. The lowest BCUT2D eigenvalue weighted by Crippen LogP contribution is -2.07. The van der Waals surface area contributed by atoms with Crippen molar-refractivity contribution in [3.63, 3.8) is 0 Å². The molecule has 2 aromatic rings. The first-order valence-electron chi connectivity index (χ1n) is 4.95. The third-order valence-corrected chi connectivity index (χ3v) is 2.31. The summed E-state index contributed by atoms with van der Waals surface area (Å²) < 4.78 is 5.63. The first-order chi connectivity index (χ1) is 7.31. The van der Waals surface area contributed by atoms with Crippen molar-refractivity contribution >= 4 is 11.0 Å². The highest BCUT2D eigenvalue weighted by molar-refractivity contribution is 5.77. The molecular weight excluding hydrogens is 186 g/mol. The van der Waals surface area contributed by atoms with Crippen LogP contribution in [0.25, 0.3) is 11.0 Å². The van der Waals surface area contributed by atoms with Crippen LogP contribution in [-0.2, 0) is 0 Å². The minimum atomic E-state index is -0.134. The monoisotopic (exact) mass is 199 g/mol. The first-order valence-corrected chi connectivity index (χ1v) is 4.95. The van der Waals surface area contributed by atoms with Gasteiger partial charge in [-0.25, -0.2) is 0 Å². The van der Waals surface area contributed by atoms with Crippen molar-refractivity contribution in [2.45, 2.75) is 19.4 Å². The lowest BCUT2D eigenvalue weighted by atomic mass is 10.1. The Labute approximate surface area is 89.1 Å². The fourth-order valence-electron chi connectivity index (χ4n) is 1.50. The van der Waals surface area contributed by atoms with E-state index in [1.165, 1.54) is 0 Å². The number of hydrogen-bond donors (Lipinski definition) is 1. The second-order valence-corrected chi connectivity index (χ2v) is 3.42. The van der Waals surface area contributed by atoms with Gasteiger partial charge < -0.3 is 10.2 Å². The molecule has 0 saturated carbocycles. The molecule has 0 radical (unpaired) electrons. The first kappa shape index (κ1) is 9.82. The molecule has 1 atom stereocenters. The molecule has 0 bridgehead atoms. The Bertz CT molecular complexity index is 483. The summed E-state index contributed by atoms with van der Waals surface area (Å²) in [5.41, 5.74) is 6.83. The van der Waals surface area contributed by atoms with Crippen molar-refractivity contribution in [3.8, 4) is 11.8 Å². The Morgan fingerprint density at radius 1 is 1.40 bits per heavy atom. The summed E-state index contributed by atoms with van der Waals surface area (Å²) in [5.74, 6) is 6.59. The van der Waals surface area contributed by atoms with Crippen molar-refractivity contribution < 1.29 is 4.42 Å². The van der Waals surface area contributed by atoms with Crippen LogP contribution in [0.5, 0.6) is 0 Å². The average Bonchev–Trinajstić information content (AvgIpc) is 2.69. The Morgan fingerprint density at radius 2 is 2.20 bits per heavy atom. The van der Waals surface area contributed by atoms with Gasteiger partial charge in [-0.3, -0.25) is 0 Å². The average molecular weight is 199 g/mol. The zero-order valence-corrected chi connectivity index (χ0v) is 8.66. The van der Waals surface area contributed by atoms with Crippen molar-refractivity contribution in [1.29, 1.82) is 0 Å². The Hall–Kier alpha value is -1.72. The van der Waals surface area contributed by atoms with Gasteiger partial charge in [0.2, 0.25) is 0 Å². The van der Waals surface area contributed by atoms with Crippen LogP contribution in [0, 0.1) is 11.8 Å². The van der Waals surface area contributed by atoms with Gasteiger partial charge in [0.15, 0.2) is 0 Å². The van der Waals surface area contributed by atoms with Crippen LogP contribution in [0.2, 0.25) is 0 Å². The smallest absolute Gasteiger partial charge is 0.134 e. The largest absolute Gasteiger partial charge is 0.459 e. The molecule has 0 aliphatic heterocycles. The van der Waals surface area contributed by atoms with E-state index < -0.39 is 0 Å². The van der Waals surface area contributed by atoms with E-state index in [1.54, 1.807) is 0 Å². The lowest BCUT2D eigenvalue weighted by Gasteiger charge is -2.01. The molecule has 76 valence electrons. The zero-order valence-electron chi connectivity index (χ0n) is 8.66. The summed E-state index contributed by atoms with van der Waals surface area (Å²) in [5, 5.41) is 1.09. The zero-order chi connectivity index (χ0) is 10.7. The number of benzene rings is 1. The lowest BCUT2D eigenvalue weighted by molar-refractivity contribution is 0.500. The standard InChI is InChI=1S/C13H13NO/c1-2-3-7-11(14)13-9-10-6-4-5-8-12(10)15-13/h4-6,8-9,11H,7,14H2,1H3. The van der Waals surface area contributed by atoms with Crippen molar-refractivity contribution in [2.24, 2.45) is 5.73 Å². The second kappa shape index (κ2) is 4.20. The van der Waals surface area contributed by atoms with E-state index in [-0.39, 0.29) is 6.04 Å². The summed E-state index contributed by atoms with van der Waals surface area (Å²) >= 11 is 0. The van der Waals surface area contributed by atoms with Gasteiger partial charge in [0.05, 0.1) is 6.04 Å². The molecule has 0 spiro atoms. The van der Waals surface area contributed by atoms with E-state index in [9.17, 15) is 0 Å². The minimum absolute atomic E-state index is 0.134. The number of rotatable bonds is 2. The van der Waals surface area contributed by atoms with Gasteiger partial charge in [-0.2, -0.15) is 0 Å². The molecule has 2 N–H and O–H groups in total. The third-order valence-electron chi connectivity index (χ3n) is 2.31. The summed E-state index contributed by atoms with van der Waals surface area (Å²) in [7, 11) is 0. The Balaban J connectivity index is 2.30. The molecule has 2 heteroatoms. The van der Waals surface area contributed by atoms with Gasteiger partial charge in [0, 0.05) is 11.8 Å². The highest BCUT2D eigenvalue weighted by Gasteiger charge is 2.10. The number of furan rings is 1. The quantitative estimate of drug-likeness (QED) is 0.755. The molecule has 1 unspecified atom stereocenters. The summed E-state index contributed by atoms with van der Waals surface area (Å²) in [6, 6.07) is 9.74. The van der Waals surface area contributed by atoms with Gasteiger partial charge in [-0.1, -0.05) is 18.2 Å².